The second-order valence-electron chi connectivity index (χ2n) is 6.47. The maximum absolute atomic E-state index is 12.7. The highest BCUT2D eigenvalue weighted by molar-refractivity contribution is 7.89. The number of amides is 1. The largest absolute Gasteiger partial charge is 0.462 e. The van der Waals surface area contributed by atoms with Crippen LogP contribution in [0.4, 0.5) is 5.00 Å². The Bertz CT molecular complexity index is 1090. The lowest BCUT2D eigenvalue weighted by molar-refractivity contribution is 0.0527. The number of benzene rings is 1. The molecule has 2 aromatic rings. The zero-order valence-corrected chi connectivity index (χ0v) is 19.5. The monoisotopic (exact) mass is 468 g/mol. The smallest absolute Gasteiger partial charge is 0.348 e. The first-order chi connectivity index (χ1) is 14.5. The summed E-state index contributed by atoms with van der Waals surface area (Å²) in [5.74, 6) is -1.85. The van der Waals surface area contributed by atoms with Crippen LogP contribution in [0.25, 0.3) is 0 Å². The number of nitrogens with zero attached hydrogens (tertiary/aromatic N) is 1. The summed E-state index contributed by atoms with van der Waals surface area (Å²) in [6.07, 6.45) is 0. The molecule has 0 spiro atoms. The average Bonchev–Trinajstić information content (AvgIpc) is 3.04. The summed E-state index contributed by atoms with van der Waals surface area (Å²) in [7, 11) is -0.809. The highest BCUT2D eigenvalue weighted by atomic mass is 32.2. The molecular formula is C20H24N2O7S2. The third-order valence-corrected chi connectivity index (χ3v) is 7.23. The maximum atomic E-state index is 12.7. The van der Waals surface area contributed by atoms with Crippen molar-refractivity contribution < 1.29 is 32.3 Å². The molecule has 0 aliphatic heterocycles. The van der Waals surface area contributed by atoms with Crippen molar-refractivity contribution in [2.45, 2.75) is 25.7 Å². The van der Waals surface area contributed by atoms with Gasteiger partial charge in [-0.05, 0) is 50.6 Å². The van der Waals surface area contributed by atoms with Gasteiger partial charge in [0.1, 0.15) is 9.88 Å². The average molecular weight is 469 g/mol. The van der Waals surface area contributed by atoms with Crippen LogP contribution in [0, 0.1) is 6.92 Å². The molecule has 31 heavy (non-hydrogen) atoms. The maximum Gasteiger partial charge on any atom is 0.348 e. The number of hydrogen-bond acceptors (Lipinski definition) is 8. The van der Waals surface area contributed by atoms with Crippen LogP contribution >= 0.6 is 11.3 Å². The molecule has 0 radical (unpaired) electrons. The van der Waals surface area contributed by atoms with Crippen molar-refractivity contribution in [1.29, 1.82) is 0 Å². The second-order valence-corrected chi connectivity index (χ2v) is 9.64. The molecule has 0 fully saturated rings. The van der Waals surface area contributed by atoms with E-state index < -0.39 is 27.9 Å². The van der Waals surface area contributed by atoms with Gasteiger partial charge in [0, 0.05) is 19.7 Å². The Hall–Kier alpha value is -2.76. The molecule has 1 aromatic heterocycles. The van der Waals surface area contributed by atoms with Crippen molar-refractivity contribution in [2.24, 2.45) is 0 Å². The van der Waals surface area contributed by atoms with Crippen LogP contribution in [0.3, 0.4) is 0 Å². The predicted molar refractivity (Wildman–Crippen MR) is 116 cm³/mol. The standard InChI is InChI=1S/C20H24N2O7S2/c1-6-28-19(24)15-12(3)16(20(25)29-7-2)30-18(15)21-17(23)13-8-10-14(11-9-13)31(26,27)22(4)5/h8-11H,6-7H2,1-5H3,(H,21,23). The molecule has 0 saturated heterocycles. The van der Waals surface area contributed by atoms with Crippen molar-refractivity contribution >= 4 is 44.2 Å². The van der Waals surface area contributed by atoms with E-state index >= 15 is 0 Å². The summed E-state index contributed by atoms with van der Waals surface area (Å²) in [6, 6.07) is 5.37. The fourth-order valence-corrected chi connectivity index (χ4v) is 4.59. The number of hydrogen-bond donors (Lipinski definition) is 1. The van der Waals surface area contributed by atoms with E-state index in [4.69, 9.17) is 9.47 Å². The van der Waals surface area contributed by atoms with Gasteiger partial charge in [0.25, 0.3) is 5.91 Å². The molecule has 0 aliphatic rings. The molecule has 1 amide bonds. The molecular weight excluding hydrogens is 444 g/mol. The minimum absolute atomic E-state index is 0.0397. The van der Waals surface area contributed by atoms with Crippen LogP contribution in [0.1, 0.15) is 49.8 Å². The van der Waals surface area contributed by atoms with Crippen molar-refractivity contribution in [3.8, 4) is 0 Å². The van der Waals surface area contributed by atoms with Crippen LogP contribution < -0.4 is 5.32 Å². The van der Waals surface area contributed by atoms with E-state index in [1.807, 2.05) is 0 Å². The van der Waals surface area contributed by atoms with Crippen molar-refractivity contribution in [2.75, 3.05) is 32.6 Å². The van der Waals surface area contributed by atoms with E-state index in [1.54, 1.807) is 20.8 Å². The molecule has 0 bridgehead atoms. The SMILES string of the molecule is CCOC(=O)c1sc(NC(=O)c2ccc(S(=O)(=O)N(C)C)cc2)c(C(=O)OCC)c1C. The Kier molecular flexibility index (Phi) is 7.93. The van der Waals surface area contributed by atoms with Gasteiger partial charge >= 0.3 is 11.9 Å². The summed E-state index contributed by atoms with van der Waals surface area (Å²) in [5, 5.41) is 2.76. The summed E-state index contributed by atoms with van der Waals surface area (Å²) in [4.78, 5) is 37.6. The van der Waals surface area contributed by atoms with Crippen molar-refractivity contribution in [1.82, 2.24) is 4.31 Å². The van der Waals surface area contributed by atoms with Crippen LogP contribution in [-0.2, 0) is 19.5 Å². The Morgan fingerprint density at radius 1 is 1.00 bits per heavy atom. The van der Waals surface area contributed by atoms with E-state index in [9.17, 15) is 22.8 Å². The molecule has 1 N–H and O–H groups in total. The van der Waals surface area contributed by atoms with E-state index in [0.717, 1.165) is 15.6 Å². The first-order valence-electron chi connectivity index (χ1n) is 9.36. The lowest BCUT2D eigenvalue weighted by Gasteiger charge is -2.11. The predicted octanol–water partition coefficient (Wildman–Crippen LogP) is 2.91. The highest BCUT2D eigenvalue weighted by Gasteiger charge is 2.27. The number of carbonyl (C=O) groups is 3. The number of nitrogens with one attached hydrogen (secondary N) is 1. The number of thiophene rings is 1. The third kappa shape index (κ3) is 5.30. The number of esters is 2. The second kappa shape index (κ2) is 10.0. The summed E-state index contributed by atoms with van der Waals surface area (Å²) in [6.45, 7) is 5.17. The number of ether oxygens (including phenoxy) is 2. The molecule has 1 aromatic carbocycles. The Labute approximate surface area is 185 Å². The van der Waals surface area contributed by atoms with Gasteiger partial charge in [-0.1, -0.05) is 0 Å². The van der Waals surface area contributed by atoms with Gasteiger partial charge in [0.15, 0.2) is 0 Å². The van der Waals surface area contributed by atoms with Crippen molar-refractivity contribution in [3.63, 3.8) is 0 Å². The zero-order chi connectivity index (χ0) is 23.3. The molecule has 1 heterocycles. The van der Waals surface area contributed by atoms with Gasteiger partial charge in [-0.3, -0.25) is 4.79 Å². The molecule has 2 rings (SSSR count). The fraction of sp³-hybridized carbons (Fsp3) is 0.350. The quantitative estimate of drug-likeness (QED) is 0.592. The topological polar surface area (TPSA) is 119 Å². The Morgan fingerprint density at radius 3 is 2.06 bits per heavy atom. The van der Waals surface area contributed by atoms with Gasteiger partial charge in [0.05, 0.1) is 23.7 Å². The first-order valence-corrected chi connectivity index (χ1v) is 11.6. The fourth-order valence-electron chi connectivity index (χ4n) is 2.61. The zero-order valence-electron chi connectivity index (χ0n) is 17.8. The summed E-state index contributed by atoms with van der Waals surface area (Å²) in [5.41, 5.74) is 0.607. The summed E-state index contributed by atoms with van der Waals surface area (Å²) >= 11 is 0.913. The molecule has 168 valence electrons. The van der Waals surface area contributed by atoms with E-state index in [0.29, 0.717) is 5.56 Å². The molecule has 11 heteroatoms. The van der Waals surface area contributed by atoms with Gasteiger partial charge in [-0.2, -0.15) is 0 Å². The molecule has 0 aliphatic carbocycles. The van der Waals surface area contributed by atoms with Gasteiger partial charge < -0.3 is 14.8 Å². The number of sulfonamides is 1. The Balaban J connectivity index is 2.38. The molecule has 0 saturated carbocycles. The van der Waals surface area contributed by atoms with E-state index in [2.05, 4.69) is 5.32 Å². The minimum Gasteiger partial charge on any atom is -0.462 e. The van der Waals surface area contributed by atoms with Crippen LogP contribution in [0.2, 0.25) is 0 Å². The van der Waals surface area contributed by atoms with Crippen LogP contribution in [0.5, 0.6) is 0 Å². The lowest BCUT2D eigenvalue weighted by atomic mass is 10.1. The number of carbonyl (C=O) groups excluding carboxylic acids is 3. The first kappa shape index (κ1) is 24.5. The molecule has 9 nitrogen and oxygen atoms in total. The van der Waals surface area contributed by atoms with Gasteiger partial charge in [0.2, 0.25) is 10.0 Å². The normalized spacial score (nSPS) is 11.3. The third-order valence-electron chi connectivity index (χ3n) is 4.21. The minimum atomic E-state index is -3.63. The number of anilines is 1. The van der Waals surface area contributed by atoms with Gasteiger partial charge in [-0.15, -0.1) is 11.3 Å². The van der Waals surface area contributed by atoms with E-state index in [1.165, 1.54) is 38.4 Å². The highest BCUT2D eigenvalue weighted by Crippen LogP contribution is 2.34. The molecule has 0 unspecified atom stereocenters. The van der Waals surface area contributed by atoms with Crippen LogP contribution in [-0.4, -0.2) is 57.9 Å². The van der Waals surface area contributed by atoms with Crippen LogP contribution in [0.15, 0.2) is 29.2 Å². The van der Waals surface area contributed by atoms with Gasteiger partial charge in [-0.25, -0.2) is 22.3 Å². The Morgan fingerprint density at radius 2 is 1.55 bits per heavy atom. The summed E-state index contributed by atoms with van der Waals surface area (Å²) < 4.78 is 35.5. The molecule has 0 atom stereocenters. The number of rotatable bonds is 8. The van der Waals surface area contributed by atoms with E-state index in [-0.39, 0.29) is 39.1 Å². The van der Waals surface area contributed by atoms with Crippen molar-refractivity contribution in [3.05, 3.63) is 45.8 Å². The lowest BCUT2D eigenvalue weighted by Crippen LogP contribution is -2.22.